The Balaban J connectivity index is 1.23. The molecule has 0 unspecified atom stereocenters. The fourth-order valence-electron chi connectivity index (χ4n) is 4.20. The number of carbonyl (C=O) groups excluding carboxylic acids is 2. The van der Waals surface area contributed by atoms with Crippen LogP contribution in [0.4, 0.5) is 4.39 Å². The molecular formula is C25H23ClFN3O4. The topological polar surface area (TPSA) is 73.7 Å². The lowest BCUT2D eigenvalue weighted by Crippen LogP contribution is -2.52. The van der Waals surface area contributed by atoms with E-state index in [1.54, 1.807) is 15.6 Å². The van der Waals surface area contributed by atoms with Crippen molar-refractivity contribution in [3.05, 3.63) is 64.1 Å². The first-order chi connectivity index (χ1) is 16.3. The minimum Gasteiger partial charge on any atom is -0.492 e. The Kier molecular flexibility index (Phi) is 5.77. The molecule has 1 saturated heterocycles. The largest absolute Gasteiger partial charge is 0.492 e. The van der Waals surface area contributed by atoms with Crippen molar-refractivity contribution >= 4 is 23.3 Å². The van der Waals surface area contributed by atoms with E-state index in [1.165, 1.54) is 12.1 Å². The standard InChI is InChI=1S/C25H23ClFN3O4/c1-14-5-22(28-29(14)2)20-8-17(26)3-4-23(20)33-12-15-10-30(11-15)25(32)19-7-16-6-18(31)13-34-24(16)9-21(19)27/h3-5,7-9,15H,6,10-13H2,1-2H3. The third kappa shape index (κ3) is 4.25. The van der Waals surface area contributed by atoms with Gasteiger partial charge in [0.25, 0.3) is 5.91 Å². The summed E-state index contributed by atoms with van der Waals surface area (Å²) in [5, 5.41) is 5.10. The number of ether oxygens (including phenoxy) is 2. The third-order valence-corrected chi connectivity index (χ3v) is 6.44. The van der Waals surface area contributed by atoms with Crippen LogP contribution in [0.2, 0.25) is 5.02 Å². The van der Waals surface area contributed by atoms with Gasteiger partial charge in [-0.2, -0.15) is 5.10 Å². The number of aromatic nitrogens is 2. The van der Waals surface area contributed by atoms with Crippen LogP contribution in [0.25, 0.3) is 11.3 Å². The second-order valence-electron chi connectivity index (χ2n) is 8.77. The first-order valence-corrected chi connectivity index (χ1v) is 11.4. The summed E-state index contributed by atoms with van der Waals surface area (Å²) in [4.78, 5) is 26.1. The first kappa shape index (κ1) is 22.4. The summed E-state index contributed by atoms with van der Waals surface area (Å²) < 4.78 is 27.6. The average molecular weight is 484 g/mol. The van der Waals surface area contributed by atoms with Crippen LogP contribution in [0.1, 0.15) is 21.6 Å². The molecule has 7 nitrogen and oxygen atoms in total. The van der Waals surface area contributed by atoms with Gasteiger partial charge in [0.1, 0.15) is 23.9 Å². The number of Topliss-reactive ketones (excluding diaryl/α,β-unsaturated/α-hetero) is 1. The second kappa shape index (κ2) is 8.76. The van der Waals surface area contributed by atoms with Crippen molar-refractivity contribution in [2.75, 3.05) is 26.3 Å². The van der Waals surface area contributed by atoms with Gasteiger partial charge >= 0.3 is 0 Å². The molecular weight excluding hydrogens is 461 g/mol. The van der Waals surface area contributed by atoms with Crippen molar-refractivity contribution in [2.45, 2.75) is 13.3 Å². The molecule has 0 saturated carbocycles. The highest BCUT2D eigenvalue weighted by molar-refractivity contribution is 6.31. The summed E-state index contributed by atoms with van der Waals surface area (Å²) in [6, 6.07) is 9.99. The van der Waals surface area contributed by atoms with Crippen molar-refractivity contribution in [3.63, 3.8) is 0 Å². The summed E-state index contributed by atoms with van der Waals surface area (Å²) >= 11 is 6.20. The van der Waals surface area contributed by atoms with E-state index in [2.05, 4.69) is 5.10 Å². The number of fused-ring (bicyclic) bond motifs is 1. The predicted molar refractivity (Wildman–Crippen MR) is 124 cm³/mol. The van der Waals surface area contributed by atoms with E-state index >= 15 is 0 Å². The van der Waals surface area contributed by atoms with E-state index in [4.69, 9.17) is 21.1 Å². The molecule has 0 aliphatic carbocycles. The van der Waals surface area contributed by atoms with Gasteiger partial charge in [-0.15, -0.1) is 0 Å². The fourth-order valence-corrected chi connectivity index (χ4v) is 4.37. The molecule has 34 heavy (non-hydrogen) atoms. The summed E-state index contributed by atoms with van der Waals surface area (Å²) in [7, 11) is 1.88. The number of carbonyl (C=O) groups is 2. The zero-order valence-electron chi connectivity index (χ0n) is 18.8. The SMILES string of the molecule is Cc1cc(-c2cc(Cl)ccc2OCC2CN(C(=O)c3cc4c(cc3F)OCC(=O)C4)C2)nn1C. The maximum Gasteiger partial charge on any atom is 0.256 e. The predicted octanol–water partition coefficient (Wildman–Crippen LogP) is 3.84. The Morgan fingerprint density at radius 1 is 1.26 bits per heavy atom. The van der Waals surface area contributed by atoms with Gasteiger partial charge in [0.2, 0.25) is 0 Å². The maximum absolute atomic E-state index is 14.5. The van der Waals surface area contributed by atoms with Crippen LogP contribution in [-0.2, 0) is 18.3 Å². The van der Waals surface area contributed by atoms with E-state index < -0.39 is 11.7 Å². The van der Waals surface area contributed by atoms with Crippen molar-refractivity contribution in [2.24, 2.45) is 13.0 Å². The monoisotopic (exact) mass is 483 g/mol. The van der Waals surface area contributed by atoms with Crippen molar-refractivity contribution in [1.29, 1.82) is 0 Å². The molecule has 176 valence electrons. The van der Waals surface area contributed by atoms with E-state index in [-0.39, 0.29) is 30.3 Å². The molecule has 1 fully saturated rings. The molecule has 0 atom stereocenters. The quantitative estimate of drug-likeness (QED) is 0.551. The number of hydrogen-bond acceptors (Lipinski definition) is 5. The molecule has 0 spiro atoms. The molecule has 1 aromatic heterocycles. The van der Waals surface area contributed by atoms with Crippen LogP contribution in [0.15, 0.2) is 36.4 Å². The van der Waals surface area contributed by atoms with E-state index in [0.717, 1.165) is 17.0 Å². The highest BCUT2D eigenvalue weighted by Crippen LogP contribution is 2.33. The third-order valence-electron chi connectivity index (χ3n) is 6.21. The fraction of sp³-hybridized carbons (Fsp3) is 0.320. The molecule has 5 rings (SSSR count). The van der Waals surface area contributed by atoms with Gasteiger partial charge in [0.15, 0.2) is 5.78 Å². The van der Waals surface area contributed by atoms with Crippen LogP contribution < -0.4 is 9.47 Å². The number of aryl methyl sites for hydroxylation is 2. The Morgan fingerprint density at radius 3 is 2.79 bits per heavy atom. The molecule has 9 heteroatoms. The number of nitrogens with zero attached hydrogens (tertiary/aromatic N) is 3. The summed E-state index contributed by atoms with van der Waals surface area (Å²) in [6.45, 7) is 3.21. The van der Waals surface area contributed by atoms with Gasteiger partial charge in [-0.25, -0.2) is 4.39 Å². The van der Waals surface area contributed by atoms with Crippen molar-refractivity contribution < 1.29 is 23.5 Å². The average Bonchev–Trinajstić information content (AvgIpc) is 3.11. The Bertz CT molecular complexity index is 1280. The highest BCUT2D eigenvalue weighted by atomic mass is 35.5. The minimum absolute atomic E-state index is 0.0399. The van der Waals surface area contributed by atoms with Gasteiger partial charge in [-0.1, -0.05) is 11.6 Å². The smallest absolute Gasteiger partial charge is 0.256 e. The normalized spacial score (nSPS) is 15.5. The number of hydrogen-bond donors (Lipinski definition) is 0. The second-order valence-corrected chi connectivity index (χ2v) is 9.20. The Morgan fingerprint density at radius 2 is 2.06 bits per heavy atom. The number of rotatable bonds is 5. The Labute approximate surface area is 201 Å². The van der Waals surface area contributed by atoms with Gasteiger partial charge in [0.05, 0.1) is 17.9 Å². The summed E-state index contributed by atoms with van der Waals surface area (Å²) in [5.74, 6) is -0.0345. The number of ketones is 1. The molecule has 2 aliphatic heterocycles. The highest BCUT2D eigenvalue weighted by Gasteiger charge is 2.34. The lowest BCUT2D eigenvalue weighted by molar-refractivity contribution is -0.121. The summed E-state index contributed by atoms with van der Waals surface area (Å²) in [6.07, 6.45) is 0.144. The zero-order valence-corrected chi connectivity index (χ0v) is 19.6. The molecule has 3 heterocycles. The van der Waals surface area contributed by atoms with Gasteiger partial charge < -0.3 is 14.4 Å². The van der Waals surface area contributed by atoms with Crippen LogP contribution >= 0.6 is 11.6 Å². The summed E-state index contributed by atoms with van der Waals surface area (Å²) in [5.41, 5.74) is 3.09. The van der Waals surface area contributed by atoms with Crippen LogP contribution in [0, 0.1) is 18.7 Å². The maximum atomic E-state index is 14.5. The van der Waals surface area contributed by atoms with Gasteiger partial charge in [-0.3, -0.25) is 14.3 Å². The molecule has 0 bridgehead atoms. The Hall–Kier alpha value is -3.39. The van der Waals surface area contributed by atoms with E-state index in [1.807, 2.05) is 32.2 Å². The van der Waals surface area contributed by atoms with Crippen molar-refractivity contribution in [1.82, 2.24) is 14.7 Å². The van der Waals surface area contributed by atoms with Crippen LogP contribution in [0.3, 0.4) is 0 Å². The van der Waals surface area contributed by atoms with Crippen LogP contribution in [-0.4, -0.2) is 52.7 Å². The minimum atomic E-state index is -0.644. The number of halogens is 2. The van der Waals surface area contributed by atoms with E-state index in [9.17, 15) is 14.0 Å². The van der Waals surface area contributed by atoms with Gasteiger partial charge in [0, 0.05) is 60.4 Å². The lowest BCUT2D eigenvalue weighted by atomic mass is 9.97. The number of amides is 1. The lowest BCUT2D eigenvalue weighted by Gasteiger charge is -2.39. The molecule has 3 aromatic rings. The zero-order chi connectivity index (χ0) is 24.0. The molecule has 0 radical (unpaired) electrons. The molecule has 2 aromatic carbocycles. The number of likely N-dealkylation sites (tertiary alicyclic amines) is 1. The first-order valence-electron chi connectivity index (χ1n) is 11.0. The van der Waals surface area contributed by atoms with Crippen molar-refractivity contribution in [3.8, 4) is 22.8 Å². The molecule has 1 amide bonds. The molecule has 2 aliphatic rings. The van der Waals surface area contributed by atoms with Gasteiger partial charge in [-0.05, 0) is 37.3 Å². The van der Waals surface area contributed by atoms with Crippen LogP contribution in [0.5, 0.6) is 11.5 Å². The number of benzene rings is 2. The van der Waals surface area contributed by atoms with E-state index in [0.29, 0.717) is 41.8 Å². The molecule has 0 N–H and O–H groups in total.